The van der Waals surface area contributed by atoms with Gasteiger partial charge in [-0.1, -0.05) is 4.49 Å². The molecule has 126 valence electrons. The molecule has 0 aliphatic rings. The van der Waals surface area contributed by atoms with E-state index < -0.39 is 0 Å². The lowest BCUT2D eigenvalue weighted by Gasteiger charge is -2.11. The molecule has 3 N–H and O–H groups in total. The summed E-state index contributed by atoms with van der Waals surface area (Å²) in [7, 11) is 0. The molecule has 25 heavy (non-hydrogen) atoms. The van der Waals surface area contributed by atoms with E-state index in [4.69, 9.17) is 12.2 Å². The van der Waals surface area contributed by atoms with Crippen molar-refractivity contribution < 1.29 is 4.79 Å². The van der Waals surface area contributed by atoms with Gasteiger partial charge in [-0.3, -0.25) is 9.78 Å². The van der Waals surface area contributed by atoms with Gasteiger partial charge >= 0.3 is 0 Å². The number of nitrogens with zero attached hydrogens (tertiary/aromatic N) is 3. The molecular weight excluding hydrogens is 424 g/mol. The number of amides is 1. The van der Waals surface area contributed by atoms with E-state index in [0.717, 1.165) is 27.4 Å². The number of aromatic nitrogens is 3. The maximum atomic E-state index is 11.9. The molecule has 2 heterocycles. The number of carbonyl (C=O) groups excluding carboxylic acids is 1. The van der Waals surface area contributed by atoms with E-state index in [9.17, 15) is 4.79 Å². The topological polar surface area (TPSA) is 91.8 Å². The van der Waals surface area contributed by atoms with E-state index in [1.807, 2.05) is 18.2 Å². The maximum Gasteiger partial charge on any atom is 0.277 e. The molecule has 0 atom stereocenters. The van der Waals surface area contributed by atoms with Crippen molar-refractivity contribution in [2.24, 2.45) is 0 Å². The number of pyridine rings is 1. The smallest absolute Gasteiger partial charge is 0.277 e. The van der Waals surface area contributed by atoms with E-state index in [2.05, 4.69) is 46.5 Å². The van der Waals surface area contributed by atoms with Gasteiger partial charge in [0.2, 0.25) is 0 Å². The number of carbonyl (C=O) groups is 1. The van der Waals surface area contributed by atoms with E-state index in [1.54, 1.807) is 29.9 Å². The second-order valence-corrected chi connectivity index (χ2v) is 6.73. The van der Waals surface area contributed by atoms with Crippen LogP contribution in [0.5, 0.6) is 0 Å². The van der Waals surface area contributed by atoms with E-state index in [1.165, 1.54) is 0 Å². The molecular formula is C15H11BrN6OS2. The number of hydrogen-bond donors (Lipinski definition) is 3. The van der Waals surface area contributed by atoms with Gasteiger partial charge in [-0.2, -0.15) is 0 Å². The number of thiocarbonyl (C=S) groups is 1. The van der Waals surface area contributed by atoms with Crippen LogP contribution in [-0.4, -0.2) is 25.6 Å². The van der Waals surface area contributed by atoms with Crippen molar-refractivity contribution in [2.45, 2.75) is 0 Å². The SMILES string of the molecule is O=C(Nc1ccc(NC(=S)Nc2cncc(Br)c2)cc1)c1csnn1. The third-order valence-electron chi connectivity index (χ3n) is 2.96. The Labute approximate surface area is 161 Å². The highest BCUT2D eigenvalue weighted by Crippen LogP contribution is 2.16. The molecule has 0 fully saturated rings. The average Bonchev–Trinajstić information content (AvgIpc) is 3.11. The van der Waals surface area contributed by atoms with E-state index >= 15 is 0 Å². The highest BCUT2D eigenvalue weighted by Gasteiger charge is 2.09. The summed E-state index contributed by atoms with van der Waals surface area (Å²) in [6, 6.07) is 9.02. The lowest BCUT2D eigenvalue weighted by molar-refractivity contribution is 0.102. The number of benzene rings is 1. The molecule has 10 heteroatoms. The van der Waals surface area contributed by atoms with Gasteiger partial charge in [0.25, 0.3) is 5.91 Å². The zero-order valence-electron chi connectivity index (χ0n) is 12.6. The van der Waals surface area contributed by atoms with Crippen molar-refractivity contribution in [3.8, 4) is 0 Å². The third kappa shape index (κ3) is 5.02. The Morgan fingerprint density at radius 3 is 2.36 bits per heavy atom. The fourth-order valence-electron chi connectivity index (χ4n) is 1.87. The predicted octanol–water partition coefficient (Wildman–Crippen LogP) is 3.76. The fourth-order valence-corrected chi connectivity index (χ4v) is 2.91. The number of halogens is 1. The predicted molar refractivity (Wildman–Crippen MR) is 106 cm³/mol. The van der Waals surface area contributed by atoms with Crippen molar-refractivity contribution in [3.05, 3.63) is 58.3 Å². The second kappa shape index (κ2) is 8.10. The summed E-state index contributed by atoms with van der Waals surface area (Å²) in [5, 5.41) is 14.6. The van der Waals surface area contributed by atoms with Gasteiger partial charge in [0.1, 0.15) is 0 Å². The largest absolute Gasteiger partial charge is 0.332 e. The summed E-state index contributed by atoms with van der Waals surface area (Å²) < 4.78 is 4.52. The minimum Gasteiger partial charge on any atom is -0.332 e. The van der Waals surface area contributed by atoms with Gasteiger partial charge in [-0.25, -0.2) is 0 Å². The molecule has 1 amide bonds. The van der Waals surface area contributed by atoms with Gasteiger partial charge in [0.15, 0.2) is 10.8 Å². The highest BCUT2D eigenvalue weighted by molar-refractivity contribution is 9.10. The lowest BCUT2D eigenvalue weighted by Crippen LogP contribution is -2.19. The molecule has 0 saturated carbocycles. The minimum atomic E-state index is -0.297. The monoisotopic (exact) mass is 434 g/mol. The van der Waals surface area contributed by atoms with Crippen LogP contribution in [0.3, 0.4) is 0 Å². The average molecular weight is 435 g/mol. The molecule has 0 bridgehead atoms. The summed E-state index contributed by atoms with van der Waals surface area (Å²) in [6.45, 7) is 0. The second-order valence-electron chi connectivity index (χ2n) is 4.79. The van der Waals surface area contributed by atoms with Crippen molar-refractivity contribution in [1.82, 2.24) is 14.6 Å². The van der Waals surface area contributed by atoms with E-state index in [0.29, 0.717) is 16.5 Å². The Hall–Kier alpha value is -2.43. The molecule has 7 nitrogen and oxygen atoms in total. The molecule has 0 spiro atoms. The molecule has 3 rings (SSSR count). The molecule has 0 saturated heterocycles. The summed E-state index contributed by atoms with van der Waals surface area (Å²) in [5.41, 5.74) is 2.50. The summed E-state index contributed by atoms with van der Waals surface area (Å²) in [5.74, 6) is -0.297. The van der Waals surface area contributed by atoms with Gasteiger partial charge in [0.05, 0.1) is 11.9 Å². The van der Waals surface area contributed by atoms with Gasteiger partial charge in [0, 0.05) is 27.4 Å². The Kier molecular flexibility index (Phi) is 5.64. The van der Waals surface area contributed by atoms with Crippen LogP contribution in [0.2, 0.25) is 0 Å². The van der Waals surface area contributed by atoms with Crippen molar-refractivity contribution in [2.75, 3.05) is 16.0 Å². The van der Waals surface area contributed by atoms with Gasteiger partial charge < -0.3 is 16.0 Å². The number of nitrogens with one attached hydrogen (secondary N) is 3. The summed E-state index contributed by atoms with van der Waals surface area (Å²) in [6.07, 6.45) is 3.36. The molecule has 2 aromatic heterocycles. The van der Waals surface area contributed by atoms with Crippen LogP contribution in [0, 0.1) is 0 Å². The molecule has 1 aromatic carbocycles. The Bertz CT molecular complexity index is 885. The Morgan fingerprint density at radius 2 is 1.72 bits per heavy atom. The van der Waals surface area contributed by atoms with Gasteiger partial charge in [-0.05, 0) is 70.0 Å². The van der Waals surface area contributed by atoms with Gasteiger partial charge in [-0.15, -0.1) is 5.10 Å². The van der Waals surface area contributed by atoms with Crippen LogP contribution in [0.1, 0.15) is 10.5 Å². The molecule has 0 radical (unpaired) electrons. The molecule has 0 aliphatic heterocycles. The van der Waals surface area contributed by atoms with Crippen LogP contribution in [0.4, 0.5) is 17.1 Å². The number of hydrogen-bond acceptors (Lipinski definition) is 6. The van der Waals surface area contributed by atoms with Crippen LogP contribution >= 0.6 is 39.7 Å². The standard InChI is InChI=1S/C15H11BrN6OS2/c16-9-5-12(7-17-6-9)20-15(24)19-11-3-1-10(2-4-11)18-14(23)13-8-25-22-21-13/h1-8H,(H,18,23)(H2,19,20,24). The first kappa shape index (κ1) is 17.4. The lowest BCUT2D eigenvalue weighted by atomic mass is 10.2. The van der Waals surface area contributed by atoms with Crippen molar-refractivity contribution >= 4 is 67.8 Å². The first-order chi connectivity index (χ1) is 12.1. The minimum absolute atomic E-state index is 0.292. The first-order valence-corrected chi connectivity index (χ1v) is 9.01. The van der Waals surface area contributed by atoms with Crippen LogP contribution < -0.4 is 16.0 Å². The number of anilines is 3. The molecule has 0 aliphatic carbocycles. The van der Waals surface area contributed by atoms with Crippen molar-refractivity contribution in [1.29, 1.82) is 0 Å². The Morgan fingerprint density at radius 1 is 1.04 bits per heavy atom. The quantitative estimate of drug-likeness (QED) is 0.538. The maximum absolute atomic E-state index is 11.9. The zero-order chi connectivity index (χ0) is 17.6. The highest BCUT2D eigenvalue weighted by atomic mass is 79.9. The first-order valence-electron chi connectivity index (χ1n) is 6.97. The Balaban J connectivity index is 1.57. The fraction of sp³-hybridized carbons (Fsp3) is 0. The zero-order valence-corrected chi connectivity index (χ0v) is 15.8. The molecule has 3 aromatic rings. The van der Waals surface area contributed by atoms with Crippen LogP contribution in [-0.2, 0) is 0 Å². The summed E-state index contributed by atoms with van der Waals surface area (Å²) in [4.78, 5) is 16.0. The summed E-state index contributed by atoms with van der Waals surface area (Å²) >= 11 is 9.75. The number of rotatable bonds is 4. The van der Waals surface area contributed by atoms with E-state index in [-0.39, 0.29) is 5.91 Å². The normalized spacial score (nSPS) is 10.1. The van der Waals surface area contributed by atoms with Crippen molar-refractivity contribution in [3.63, 3.8) is 0 Å². The molecule has 0 unspecified atom stereocenters. The van der Waals surface area contributed by atoms with Crippen LogP contribution in [0.25, 0.3) is 0 Å². The van der Waals surface area contributed by atoms with Crippen LogP contribution in [0.15, 0.2) is 52.6 Å². The third-order valence-corrected chi connectivity index (χ3v) is 4.10.